The highest BCUT2D eigenvalue weighted by Crippen LogP contribution is 2.20. The van der Waals surface area contributed by atoms with Gasteiger partial charge in [-0.25, -0.2) is 9.78 Å². The maximum Gasteiger partial charge on any atom is 0.408 e. The summed E-state index contributed by atoms with van der Waals surface area (Å²) in [6, 6.07) is 27.7. The van der Waals surface area contributed by atoms with E-state index in [1.54, 1.807) is 24.3 Å². The molecule has 0 aliphatic rings. The fraction of sp³-hybridized carbons (Fsp3) is 0.293. The van der Waals surface area contributed by atoms with Crippen molar-refractivity contribution < 1.29 is 30.4 Å². The minimum atomic E-state index is -1.59. The molecule has 276 valence electrons. The molecule has 0 spiro atoms. The van der Waals surface area contributed by atoms with Crippen LogP contribution in [0.1, 0.15) is 42.7 Å². The van der Waals surface area contributed by atoms with Gasteiger partial charge in [-0.1, -0.05) is 117 Å². The number of alkyl carbamates (subject to hydrolysis) is 1. The molecule has 4 atom stereocenters. The predicted molar refractivity (Wildman–Crippen MR) is 201 cm³/mol. The lowest BCUT2D eigenvalue weighted by Gasteiger charge is -2.28. The number of imidazole rings is 1. The number of hydrogen-bond acceptors (Lipinski definition) is 7. The van der Waals surface area contributed by atoms with Gasteiger partial charge in [-0.15, -0.1) is 0 Å². The lowest BCUT2D eigenvalue weighted by atomic mass is 9.97. The van der Waals surface area contributed by atoms with Gasteiger partial charge in [0.15, 0.2) is 7.52 Å². The number of rotatable bonds is 17. The van der Waals surface area contributed by atoms with Gasteiger partial charge in [-0.05, 0) is 39.8 Å². The van der Waals surface area contributed by atoms with Crippen molar-refractivity contribution in [1.29, 1.82) is 0 Å². The number of carbonyl (C=O) groups excluding carboxylic acids is 4. The molecular formula is C41H46N6O6. The Morgan fingerprint density at radius 3 is 2.15 bits per heavy atom. The van der Waals surface area contributed by atoms with Gasteiger partial charge in [-0.2, -0.15) is 0 Å². The fourth-order valence-corrected chi connectivity index (χ4v) is 5.98. The van der Waals surface area contributed by atoms with Crippen LogP contribution in [-0.2, 0) is 45.1 Å². The first-order valence-corrected chi connectivity index (χ1v) is 17.6. The summed E-state index contributed by atoms with van der Waals surface area (Å²) in [7, 11) is 0. The number of nitrogens with one attached hydrogen (secondary N) is 5. The zero-order chi connectivity index (χ0) is 38.5. The quantitative estimate of drug-likeness (QED) is 0.0829. The second kappa shape index (κ2) is 19.0. The molecule has 12 heteroatoms. The first-order chi connectivity index (χ1) is 26.1. The van der Waals surface area contributed by atoms with Gasteiger partial charge in [0, 0.05) is 31.3 Å². The molecule has 1 heterocycles. The monoisotopic (exact) mass is 719 g/mol. The van der Waals surface area contributed by atoms with Crippen LogP contribution in [0.3, 0.4) is 0 Å². The average molecular weight is 720 g/mol. The lowest BCUT2D eigenvalue weighted by Crippen LogP contribution is -2.58. The third-order valence-corrected chi connectivity index (χ3v) is 8.69. The summed E-state index contributed by atoms with van der Waals surface area (Å²) in [5.74, 6) is -2.13. The maximum atomic E-state index is 14.3. The van der Waals surface area contributed by atoms with Crippen LogP contribution in [0.25, 0.3) is 10.8 Å². The molecule has 0 aliphatic heterocycles. The molecule has 5 aromatic rings. The molecule has 6 N–H and O–H groups in total. The van der Waals surface area contributed by atoms with Crippen LogP contribution in [0.4, 0.5) is 4.79 Å². The Kier molecular flexibility index (Phi) is 13.2. The number of ether oxygens (including phenoxy) is 1. The van der Waals surface area contributed by atoms with Gasteiger partial charge >= 0.3 is 6.09 Å². The first kappa shape index (κ1) is 36.8. The Labute approximate surface area is 310 Å². The van der Waals surface area contributed by atoms with Crippen LogP contribution < -0.4 is 21.3 Å². The molecule has 0 fully saturated rings. The molecule has 0 saturated carbocycles. The maximum absolute atomic E-state index is 14.3. The third-order valence-electron chi connectivity index (χ3n) is 8.69. The van der Waals surface area contributed by atoms with Crippen molar-refractivity contribution in [2.24, 2.45) is 5.92 Å². The summed E-state index contributed by atoms with van der Waals surface area (Å²) in [6.45, 7) is 3.87. The van der Waals surface area contributed by atoms with Gasteiger partial charge in [0.25, 0.3) is 5.91 Å². The van der Waals surface area contributed by atoms with E-state index in [9.17, 15) is 24.3 Å². The van der Waals surface area contributed by atoms with Crippen molar-refractivity contribution >= 4 is 34.6 Å². The van der Waals surface area contributed by atoms with Gasteiger partial charge in [0.1, 0.15) is 18.7 Å². The smallest absolute Gasteiger partial charge is 0.408 e. The summed E-state index contributed by atoms with van der Waals surface area (Å²) < 4.78 is 14.3. The van der Waals surface area contributed by atoms with Gasteiger partial charge in [0.05, 0.1) is 12.4 Å². The van der Waals surface area contributed by atoms with E-state index >= 15 is 0 Å². The number of nitrogens with zero attached hydrogens (tertiary/aromatic N) is 1. The summed E-state index contributed by atoms with van der Waals surface area (Å²) in [5, 5.41) is 21.7. The normalized spacial score (nSPS) is 13.6. The Morgan fingerprint density at radius 1 is 0.792 bits per heavy atom. The Morgan fingerprint density at radius 2 is 1.45 bits per heavy atom. The average Bonchev–Trinajstić information content (AvgIpc) is 3.71. The van der Waals surface area contributed by atoms with Crippen molar-refractivity contribution in [3.8, 4) is 0 Å². The highest BCUT2D eigenvalue weighted by Gasteiger charge is 2.33. The number of aromatic amines is 1. The van der Waals surface area contributed by atoms with E-state index < -0.39 is 48.0 Å². The van der Waals surface area contributed by atoms with Crippen LogP contribution in [0.5, 0.6) is 0 Å². The van der Waals surface area contributed by atoms with Crippen LogP contribution in [0, 0.1) is 5.92 Å². The third kappa shape index (κ3) is 11.5. The second-order valence-corrected chi connectivity index (χ2v) is 13.3. The van der Waals surface area contributed by atoms with Crippen molar-refractivity contribution in [3.63, 3.8) is 0 Å². The molecular weight excluding hydrogens is 672 g/mol. The van der Waals surface area contributed by atoms with Gasteiger partial charge < -0.3 is 36.1 Å². The van der Waals surface area contributed by atoms with Crippen LogP contribution >= 0.6 is 0 Å². The van der Waals surface area contributed by atoms with E-state index in [-0.39, 0.29) is 38.3 Å². The highest BCUT2D eigenvalue weighted by molar-refractivity contribution is 5.93. The number of fused-ring (bicyclic) bond motifs is 1. The largest absolute Gasteiger partial charge is 0.445 e. The molecule has 4 aromatic carbocycles. The molecule has 12 nitrogen and oxygen atoms in total. The summed E-state index contributed by atoms with van der Waals surface area (Å²) in [4.78, 5) is 61.7. The number of benzene rings is 4. The number of aliphatic hydroxyl groups is 1. The van der Waals surface area contributed by atoms with Crippen molar-refractivity contribution in [2.75, 3.05) is 0 Å². The van der Waals surface area contributed by atoms with Crippen LogP contribution in [0.2, 0.25) is 1.41 Å². The zero-order valence-corrected chi connectivity index (χ0v) is 29.8. The zero-order valence-electron chi connectivity index (χ0n) is 30.8. The molecule has 0 radical (unpaired) electrons. The minimum Gasteiger partial charge on any atom is -0.445 e. The second-order valence-electron chi connectivity index (χ2n) is 13.3. The van der Waals surface area contributed by atoms with Gasteiger partial charge in [0.2, 0.25) is 11.8 Å². The summed E-state index contributed by atoms with van der Waals surface area (Å²) >= 11 is 0. The predicted octanol–water partition coefficient (Wildman–Crippen LogP) is 4.34. The van der Waals surface area contributed by atoms with E-state index in [1.165, 1.54) is 12.5 Å². The van der Waals surface area contributed by atoms with E-state index in [2.05, 4.69) is 25.9 Å². The molecule has 5 rings (SSSR count). The number of hydrogen-bond donors (Lipinski definition) is 6. The standard InChI is InChI=1S/C41H46N6O6/c1-27(2)20-34(37(48)40(51)43-23-28-12-5-3-6-13-28)45-39(50)36(22-32-24-42-26-44-32)46-38(49)35(47-41(52)53-25-29-14-7-4-8-15-29)21-31-18-11-17-30-16-9-10-19-33(30)31/h3-19,24,26-27,34-37,48H,20-23,25H2,1-2H3,(H,42,44)(H,43,51)(H,45,50)(H,46,49)(H,47,52)/t34-,35-,36-,37-/m0/s1/i/hD. The van der Waals surface area contributed by atoms with Crippen molar-refractivity contribution in [1.82, 2.24) is 31.2 Å². The molecule has 0 bridgehead atoms. The lowest BCUT2D eigenvalue weighted by molar-refractivity contribution is -0.134. The summed E-state index contributed by atoms with van der Waals surface area (Å²) in [6.07, 6.45) is 0.460. The first-order valence-electron chi connectivity index (χ1n) is 18.1. The SMILES string of the molecule is [2H]N(C(=O)OCc1ccccc1)[C@@H](Cc1cccc2ccccc12)C(=O)N[C@@H](Cc1cnc[nH]1)C(=O)N[C@@H](CC(C)C)[C@H](O)C(=O)NCc1ccccc1. The molecule has 0 saturated heterocycles. The van der Waals surface area contributed by atoms with E-state index in [1.807, 2.05) is 92.7 Å². The number of aliphatic hydroxyl groups excluding tert-OH is 1. The molecule has 1 aromatic heterocycles. The summed E-state index contributed by atoms with van der Waals surface area (Å²) in [5.41, 5.74) is 2.78. The van der Waals surface area contributed by atoms with Crippen molar-refractivity contribution in [2.45, 2.75) is 70.5 Å². The highest BCUT2D eigenvalue weighted by atomic mass is 16.5. The molecule has 0 aliphatic carbocycles. The molecule has 0 unspecified atom stereocenters. The molecule has 53 heavy (non-hydrogen) atoms. The molecule has 4 amide bonds. The number of H-pyrrole nitrogens is 1. The van der Waals surface area contributed by atoms with E-state index in [0.717, 1.165) is 16.3 Å². The van der Waals surface area contributed by atoms with E-state index in [4.69, 9.17) is 6.15 Å². The van der Waals surface area contributed by atoms with Gasteiger partial charge in [-0.3, -0.25) is 14.4 Å². The number of aromatic nitrogens is 2. The van der Waals surface area contributed by atoms with Crippen molar-refractivity contribution in [3.05, 3.63) is 138 Å². The number of amides is 4. The Balaban J connectivity index is 1.38. The Bertz CT molecular complexity index is 1970. The minimum absolute atomic E-state index is 0.0173. The van der Waals surface area contributed by atoms with Crippen LogP contribution in [-0.4, -0.2) is 63.1 Å². The number of carbonyl (C=O) groups is 4. The Hall–Kier alpha value is -6.01. The topological polar surface area (TPSA) is 175 Å². The van der Waals surface area contributed by atoms with E-state index in [0.29, 0.717) is 22.1 Å². The fourth-order valence-electron chi connectivity index (χ4n) is 5.98. The van der Waals surface area contributed by atoms with Crippen LogP contribution in [0.15, 0.2) is 116 Å².